The van der Waals surface area contributed by atoms with Gasteiger partial charge in [-0.2, -0.15) is 0 Å². The Bertz CT molecular complexity index is 1720. The number of ketones is 3. The van der Waals surface area contributed by atoms with Gasteiger partial charge in [0.15, 0.2) is 17.3 Å². The molecule has 3 aliphatic rings. The predicted octanol–water partition coefficient (Wildman–Crippen LogP) is 7.27. The number of aryl methyl sites for hydroxylation is 2. The first-order chi connectivity index (χ1) is 19.3. The minimum absolute atomic E-state index is 0.125. The number of hydrogen-bond donors (Lipinski definition) is 0. The highest BCUT2D eigenvalue weighted by atomic mass is 35.5. The molecule has 4 aromatic carbocycles. The van der Waals surface area contributed by atoms with Gasteiger partial charge in [0, 0.05) is 33.3 Å². The second-order valence-corrected chi connectivity index (χ2v) is 11.5. The second-order valence-electron chi connectivity index (χ2n) is 11.1. The Labute approximate surface area is 237 Å². The van der Waals surface area contributed by atoms with Crippen molar-refractivity contribution in [2.24, 2.45) is 5.41 Å². The molecular weight excluding hydrogens is 518 g/mol. The number of anilines is 1. The summed E-state index contributed by atoms with van der Waals surface area (Å²) >= 11 is 6.37. The molecule has 3 atom stereocenters. The van der Waals surface area contributed by atoms with Gasteiger partial charge in [0.2, 0.25) is 0 Å². The molecule has 0 aromatic heterocycles. The summed E-state index contributed by atoms with van der Waals surface area (Å²) in [5, 5.41) is 0.577. The molecule has 1 fully saturated rings. The lowest BCUT2D eigenvalue weighted by Crippen LogP contribution is -2.48. The third-order valence-electron chi connectivity index (χ3n) is 8.81. The molecule has 0 bridgehead atoms. The van der Waals surface area contributed by atoms with Gasteiger partial charge < -0.3 is 4.90 Å². The van der Waals surface area contributed by atoms with E-state index in [0.717, 1.165) is 27.9 Å². The maximum Gasteiger partial charge on any atom is 0.185 e. The maximum atomic E-state index is 14.7. The minimum Gasteiger partial charge on any atom is -0.352 e. The van der Waals surface area contributed by atoms with Crippen molar-refractivity contribution in [3.63, 3.8) is 0 Å². The van der Waals surface area contributed by atoms with Crippen LogP contribution in [0.2, 0.25) is 5.02 Å². The van der Waals surface area contributed by atoms with E-state index < -0.39 is 23.4 Å². The van der Waals surface area contributed by atoms with Crippen LogP contribution < -0.4 is 4.90 Å². The van der Waals surface area contributed by atoms with Crippen LogP contribution >= 0.6 is 11.6 Å². The van der Waals surface area contributed by atoms with Gasteiger partial charge in [-0.15, -0.1) is 0 Å². The molecule has 40 heavy (non-hydrogen) atoms. The Morgan fingerprint density at radius 2 is 1.40 bits per heavy atom. The molecule has 2 heterocycles. The van der Waals surface area contributed by atoms with Gasteiger partial charge in [-0.1, -0.05) is 108 Å². The lowest BCUT2D eigenvalue weighted by molar-refractivity contribution is 0.0666. The van der Waals surface area contributed by atoms with Crippen LogP contribution in [0.3, 0.4) is 0 Å². The number of benzene rings is 4. The maximum absolute atomic E-state index is 14.7. The highest BCUT2D eigenvalue weighted by molar-refractivity contribution is 6.32. The fourth-order valence-electron chi connectivity index (χ4n) is 6.98. The molecule has 0 saturated carbocycles. The highest BCUT2D eigenvalue weighted by Gasteiger charge is 2.71. The average molecular weight is 544 g/mol. The van der Waals surface area contributed by atoms with E-state index in [1.54, 1.807) is 30.3 Å². The fourth-order valence-corrected chi connectivity index (χ4v) is 7.16. The summed E-state index contributed by atoms with van der Waals surface area (Å²) in [5.74, 6) is -1.30. The van der Waals surface area contributed by atoms with E-state index in [1.165, 1.54) is 0 Å². The van der Waals surface area contributed by atoms with Gasteiger partial charge in [0.25, 0.3) is 0 Å². The van der Waals surface area contributed by atoms with E-state index in [-0.39, 0.29) is 17.3 Å². The standard InChI is InChI=1S/C35H26ClNO3/c1-20-7-11-22(12-8-20)30-31(32(38)23-13-9-21(2)10-14-23)37-28-17-16-25(36)19-24(28)15-18-29(37)35(30)33(39)26-5-3-4-6-27(26)34(35)40/h3-19,29-31H,1-2H3/t29-,30+,31-/m0/s1. The molecule has 4 aromatic rings. The van der Waals surface area contributed by atoms with E-state index >= 15 is 0 Å². The second kappa shape index (κ2) is 8.87. The van der Waals surface area contributed by atoms with Crippen LogP contribution in [0.1, 0.15) is 59.2 Å². The van der Waals surface area contributed by atoms with Crippen molar-refractivity contribution in [1.82, 2.24) is 0 Å². The number of carbonyl (C=O) groups excluding carboxylic acids is 3. The zero-order valence-corrected chi connectivity index (χ0v) is 22.9. The van der Waals surface area contributed by atoms with E-state index in [9.17, 15) is 14.4 Å². The van der Waals surface area contributed by atoms with Crippen LogP contribution in [0.25, 0.3) is 6.08 Å². The van der Waals surface area contributed by atoms with Crippen molar-refractivity contribution in [3.05, 3.63) is 141 Å². The highest BCUT2D eigenvalue weighted by Crippen LogP contribution is 2.61. The van der Waals surface area contributed by atoms with Crippen LogP contribution in [0.4, 0.5) is 5.69 Å². The molecule has 1 spiro atoms. The van der Waals surface area contributed by atoms with Crippen molar-refractivity contribution in [2.45, 2.75) is 31.8 Å². The van der Waals surface area contributed by atoms with Crippen molar-refractivity contribution in [3.8, 4) is 0 Å². The lowest BCUT2D eigenvalue weighted by atomic mass is 9.64. The topological polar surface area (TPSA) is 54.5 Å². The van der Waals surface area contributed by atoms with Gasteiger partial charge in [-0.25, -0.2) is 0 Å². The molecular formula is C35H26ClNO3. The number of fused-ring (bicyclic) bond motifs is 5. The summed E-state index contributed by atoms with van der Waals surface area (Å²) in [6.45, 7) is 3.98. The number of Topliss-reactive ketones (excluding diaryl/α,β-unsaturated/α-hetero) is 3. The van der Waals surface area contributed by atoms with E-state index in [0.29, 0.717) is 21.7 Å². The molecule has 196 valence electrons. The average Bonchev–Trinajstić information content (AvgIpc) is 3.39. The number of nitrogens with zero attached hydrogens (tertiary/aromatic N) is 1. The quantitative estimate of drug-likeness (QED) is 0.201. The molecule has 0 unspecified atom stereocenters. The smallest absolute Gasteiger partial charge is 0.185 e. The van der Waals surface area contributed by atoms with Gasteiger partial charge in [0.1, 0.15) is 11.5 Å². The first-order valence-corrected chi connectivity index (χ1v) is 13.8. The lowest BCUT2D eigenvalue weighted by Gasteiger charge is -2.37. The number of carbonyl (C=O) groups is 3. The summed E-state index contributed by atoms with van der Waals surface area (Å²) < 4.78 is 0. The van der Waals surface area contributed by atoms with Gasteiger partial charge in [-0.05, 0) is 43.2 Å². The minimum atomic E-state index is -1.50. The molecule has 0 radical (unpaired) electrons. The zero-order chi connectivity index (χ0) is 27.8. The van der Waals surface area contributed by atoms with E-state index in [2.05, 4.69) is 0 Å². The third kappa shape index (κ3) is 3.29. The fraction of sp³-hybridized carbons (Fsp3) is 0.171. The van der Waals surface area contributed by atoms with Gasteiger partial charge in [-0.3, -0.25) is 14.4 Å². The van der Waals surface area contributed by atoms with Crippen LogP contribution in [-0.2, 0) is 0 Å². The molecule has 0 amide bonds. The Hall–Kier alpha value is -4.28. The number of hydrogen-bond acceptors (Lipinski definition) is 4. The Morgan fingerprint density at radius 1 is 0.800 bits per heavy atom. The van der Waals surface area contributed by atoms with Gasteiger partial charge >= 0.3 is 0 Å². The zero-order valence-electron chi connectivity index (χ0n) is 22.1. The Balaban J connectivity index is 1.54. The van der Waals surface area contributed by atoms with Crippen molar-refractivity contribution in [1.29, 1.82) is 0 Å². The molecule has 1 aliphatic carbocycles. The Kier molecular flexibility index (Phi) is 5.48. The number of rotatable bonds is 3. The summed E-state index contributed by atoms with van der Waals surface area (Å²) in [4.78, 5) is 45.9. The van der Waals surface area contributed by atoms with Gasteiger partial charge in [0.05, 0.1) is 6.04 Å². The normalized spacial score (nSPS) is 21.9. The largest absolute Gasteiger partial charge is 0.352 e. The number of halogens is 1. The van der Waals surface area contributed by atoms with Crippen LogP contribution in [0, 0.1) is 19.3 Å². The first-order valence-electron chi connectivity index (χ1n) is 13.4. The Morgan fingerprint density at radius 3 is 2.02 bits per heavy atom. The first kappa shape index (κ1) is 24.7. The SMILES string of the molecule is Cc1ccc(C(=O)[C@@H]2[C@@H](c3ccc(C)cc3)C3(C(=O)c4ccccc4C3=O)[C@@H]3C=Cc4cc(Cl)ccc4N23)cc1. The predicted molar refractivity (Wildman–Crippen MR) is 158 cm³/mol. The van der Waals surface area contributed by atoms with Crippen LogP contribution in [0.15, 0.2) is 97.1 Å². The molecule has 0 N–H and O–H groups in total. The summed E-state index contributed by atoms with van der Waals surface area (Å²) in [7, 11) is 0. The summed E-state index contributed by atoms with van der Waals surface area (Å²) in [5.41, 5.74) is 4.41. The van der Waals surface area contributed by atoms with Crippen LogP contribution in [0.5, 0.6) is 0 Å². The van der Waals surface area contributed by atoms with E-state index in [1.807, 2.05) is 91.6 Å². The summed E-state index contributed by atoms with van der Waals surface area (Å²) in [6, 6.07) is 26.5. The van der Waals surface area contributed by atoms with Crippen molar-refractivity contribution in [2.75, 3.05) is 4.90 Å². The monoisotopic (exact) mass is 543 g/mol. The summed E-state index contributed by atoms with van der Waals surface area (Å²) in [6.07, 6.45) is 3.85. The van der Waals surface area contributed by atoms with Crippen molar-refractivity contribution >= 4 is 40.7 Å². The van der Waals surface area contributed by atoms with Crippen molar-refractivity contribution < 1.29 is 14.4 Å². The van der Waals surface area contributed by atoms with Crippen LogP contribution in [-0.4, -0.2) is 29.4 Å². The van der Waals surface area contributed by atoms with E-state index in [4.69, 9.17) is 11.6 Å². The molecule has 1 saturated heterocycles. The molecule has 5 heteroatoms. The molecule has 2 aliphatic heterocycles. The molecule has 7 rings (SSSR count). The third-order valence-corrected chi connectivity index (χ3v) is 9.04. The molecule has 4 nitrogen and oxygen atoms in total.